The lowest BCUT2D eigenvalue weighted by atomic mass is 10.1. The molecule has 7 heteroatoms. The highest BCUT2D eigenvalue weighted by molar-refractivity contribution is 7.92. The van der Waals surface area contributed by atoms with Crippen LogP contribution in [0.4, 0.5) is 4.39 Å². The number of carbonyl (C=O) groups is 1. The van der Waals surface area contributed by atoms with Crippen LogP contribution in [0.2, 0.25) is 0 Å². The first-order chi connectivity index (χ1) is 14.4. The number of rotatable bonds is 8. The number of ether oxygens (including phenoxy) is 1. The highest BCUT2D eigenvalue weighted by Gasteiger charge is 2.33. The van der Waals surface area contributed by atoms with E-state index in [1.807, 2.05) is 24.3 Å². The van der Waals surface area contributed by atoms with Gasteiger partial charge in [-0.05, 0) is 67.6 Å². The SMILES string of the molecule is CCCOc1ccc(CCC(=O)N2CCC[C@H](S(=O)(=O)c3ccc(F)cc3)C2)cc1. The van der Waals surface area contributed by atoms with Crippen LogP contribution in [0.15, 0.2) is 53.4 Å². The Morgan fingerprint density at radius 2 is 1.83 bits per heavy atom. The Kier molecular flexibility index (Phi) is 7.48. The molecule has 2 aromatic carbocycles. The van der Waals surface area contributed by atoms with Gasteiger partial charge in [-0.1, -0.05) is 19.1 Å². The third-order valence-corrected chi connectivity index (χ3v) is 7.53. The molecule has 1 saturated heterocycles. The predicted octanol–water partition coefficient (Wildman–Crippen LogP) is 4.01. The number of sulfone groups is 1. The number of halogens is 1. The zero-order valence-electron chi connectivity index (χ0n) is 17.2. The van der Waals surface area contributed by atoms with E-state index in [9.17, 15) is 17.6 Å². The van der Waals surface area contributed by atoms with E-state index in [1.54, 1.807) is 4.90 Å². The van der Waals surface area contributed by atoms with Gasteiger partial charge in [0, 0.05) is 19.5 Å². The van der Waals surface area contributed by atoms with Crippen molar-refractivity contribution >= 4 is 15.7 Å². The van der Waals surface area contributed by atoms with E-state index in [2.05, 4.69) is 6.92 Å². The van der Waals surface area contributed by atoms with Crippen LogP contribution in [-0.4, -0.2) is 44.2 Å². The number of carbonyl (C=O) groups excluding carboxylic acids is 1. The molecule has 2 aromatic rings. The second kappa shape index (κ2) is 10.1. The molecule has 0 spiro atoms. The number of piperidine rings is 1. The molecule has 162 valence electrons. The Bertz CT molecular complexity index is 942. The van der Waals surface area contributed by atoms with E-state index in [4.69, 9.17) is 4.74 Å². The molecule has 0 aromatic heterocycles. The Labute approximate surface area is 177 Å². The van der Waals surface area contributed by atoms with Gasteiger partial charge in [0.25, 0.3) is 0 Å². The van der Waals surface area contributed by atoms with Gasteiger partial charge in [-0.25, -0.2) is 12.8 Å². The Morgan fingerprint density at radius 3 is 2.50 bits per heavy atom. The van der Waals surface area contributed by atoms with E-state index in [1.165, 1.54) is 12.1 Å². The first-order valence-corrected chi connectivity index (χ1v) is 11.9. The van der Waals surface area contributed by atoms with E-state index in [-0.39, 0.29) is 17.3 Å². The summed E-state index contributed by atoms with van der Waals surface area (Å²) < 4.78 is 44.5. The van der Waals surface area contributed by atoms with Crippen LogP contribution >= 0.6 is 0 Å². The van der Waals surface area contributed by atoms with Crippen LogP contribution in [0.1, 0.15) is 38.2 Å². The van der Waals surface area contributed by atoms with Crippen LogP contribution in [0.5, 0.6) is 5.75 Å². The van der Waals surface area contributed by atoms with Gasteiger partial charge >= 0.3 is 0 Å². The van der Waals surface area contributed by atoms with Crippen LogP contribution in [0.25, 0.3) is 0 Å². The smallest absolute Gasteiger partial charge is 0.222 e. The molecule has 0 bridgehead atoms. The molecular weight excluding hydrogens is 405 g/mol. The second-order valence-electron chi connectivity index (χ2n) is 7.60. The highest BCUT2D eigenvalue weighted by Crippen LogP contribution is 2.25. The standard InChI is InChI=1S/C23H28FNO4S/c1-2-16-29-20-10-5-18(6-11-20)7-14-23(26)25-15-3-4-22(17-25)30(27,28)21-12-8-19(24)9-13-21/h5-6,8-13,22H,2-4,7,14-17H2,1H3/t22-/m0/s1. The summed E-state index contributed by atoms with van der Waals surface area (Å²) in [5.41, 5.74) is 1.04. The number of amides is 1. The fraction of sp³-hybridized carbons (Fsp3) is 0.435. The van der Waals surface area contributed by atoms with E-state index >= 15 is 0 Å². The fourth-order valence-corrected chi connectivity index (χ4v) is 5.37. The lowest BCUT2D eigenvalue weighted by molar-refractivity contribution is -0.131. The van der Waals surface area contributed by atoms with Gasteiger partial charge in [0.05, 0.1) is 16.8 Å². The zero-order valence-corrected chi connectivity index (χ0v) is 18.0. The molecule has 1 amide bonds. The van der Waals surface area contributed by atoms with Crippen LogP contribution < -0.4 is 4.74 Å². The van der Waals surface area contributed by atoms with Gasteiger partial charge in [-0.3, -0.25) is 4.79 Å². The molecule has 1 heterocycles. The van der Waals surface area contributed by atoms with Gasteiger partial charge in [-0.15, -0.1) is 0 Å². The van der Waals surface area contributed by atoms with Crippen molar-refractivity contribution in [3.8, 4) is 5.75 Å². The zero-order chi connectivity index (χ0) is 21.6. The highest BCUT2D eigenvalue weighted by atomic mass is 32.2. The van der Waals surface area contributed by atoms with Gasteiger partial charge in [-0.2, -0.15) is 0 Å². The van der Waals surface area contributed by atoms with Crippen molar-refractivity contribution < 1.29 is 22.3 Å². The van der Waals surface area contributed by atoms with Crippen LogP contribution in [0, 0.1) is 5.82 Å². The summed E-state index contributed by atoms with van der Waals surface area (Å²) in [6.45, 7) is 3.48. The summed E-state index contributed by atoms with van der Waals surface area (Å²) in [6.07, 6.45) is 3.02. The molecule has 1 aliphatic heterocycles. The summed E-state index contributed by atoms with van der Waals surface area (Å²) in [5.74, 6) is 0.302. The number of likely N-dealkylation sites (tertiary alicyclic amines) is 1. The van der Waals surface area contributed by atoms with Crippen molar-refractivity contribution in [3.05, 3.63) is 59.9 Å². The van der Waals surface area contributed by atoms with Gasteiger partial charge in [0.2, 0.25) is 5.91 Å². The molecule has 0 unspecified atom stereocenters. The summed E-state index contributed by atoms with van der Waals surface area (Å²) in [4.78, 5) is 14.4. The van der Waals surface area contributed by atoms with Crippen LogP contribution in [0.3, 0.4) is 0 Å². The monoisotopic (exact) mass is 433 g/mol. The number of hydrogen-bond acceptors (Lipinski definition) is 4. The fourth-order valence-electron chi connectivity index (χ4n) is 3.62. The molecule has 1 fully saturated rings. The Hall–Kier alpha value is -2.41. The summed E-state index contributed by atoms with van der Waals surface area (Å²) in [6, 6.07) is 12.6. The van der Waals surface area contributed by atoms with E-state index < -0.39 is 20.9 Å². The summed E-state index contributed by atoms with van der Waals surface area (Å²) >= 11 is 0. The predicted molar refractivity (Wildman–Crippen MR) is 114 cm³/mol. The van der Waals surface area contributed by atoms with Crippen molar-refractivity contribution in [3.63, 3.8) is 0 Å². The first-order valence-electron chi connectivity index (χ1n) is 10.4. The minimum absolute atomic E-state index is 0.0414. The molecule has 3 rings (SSSR count). The van der Waals surface area contributed by atoms with Crippen molar-refractivity contribution in [2.24, 2.45) is 0 Å². The average molecular weight is 434 g/mol. The van der Waals surface area contributed by atoms with Crippen molar-refractivity contribution in [1.82, 2.24) is 4.90 Å². The largest absolute Gasteiger partial charge is 0.494 e. The van der Waals surface area contributed by atoms with Gasteiger partial charge in [0.1, 0.15) is 11.6 Å². The summed E-state index contributed by atoms with van der Waals surface area (Å²) in [5, 5.41) is -0.657. The van der Waals surface area contributed by atoms with Crippen molar-refractivity contribution in [1.29, 1.82) is 0 Å². The molecule has 1 atom stereocenters. The maximum atomic E-state index is 13.1. The molecule has 5 nitrogen and oxygen atoms in total. The minimum Gasteiger partial charge on any atom is -0.494 e. The average Bonchev–Trinajstić information content (AvgIpc) is 2.77. The number of aryl methyl sites for hydroxylation is 1. The minimum atomic E-state index is -3.60. The second-order valence-corrected chi connectivity index (χ2v) is 9.82. The number of benzene rings is 2. The van der Waals surface area contributed by atoms with Crippen LogP contribution in [-0.2, 0) is 21.1 Å². The Morgan fingerprint density at radius 1 is 1.13 bits per heavy atom. The van der Waals surface area contributed by atoms with Gasteiger partial charge in [0.15, 0.2) is 9.84 Å². The summed E-state index contributed by atoms with van der Waals surface area (Å²) in [7, 11) is -3.60. The molecule has 0 radical (unpaired) electrons. The lowest BCUT2D eigenvalue weighted by Crippen LogP contribution is -2.45. The van der Waals surface area contributed by atoms with E-state index in [0.29, 0.717) is 38.8 Å². The maximum Gasteiger partial charge on any atom is 0.222 e. The lowest BCUT2D eigenvalue weighted by Gasteiger charge is -2.32. The first kappa shape index (κ1) is 22.3. The third kappa shape index (κ3) is 5.59. The molecule has 0 saturated carbocycles. The van der Waals surface area contributed by atoms with Crippen molar-refractivity contribution in [2.45, 2.75) is 49.2 Å². The van der Waals surface area contributed by atoms with Gasteiger partial charge < -0.3 is 9.64 Å². The van der Waals surface area contributed by atoms with E-state index in [0.717, 1.165) is 29.9 Å². The topological polar surface area (TPSA) is 63.7 Å². The Balaban J connectivity index is 1.57. The maximum absolute atomic E-state index is 13.1. The molecule has 0 aliphatic carbocycles. The molecule has 30 heavy (non-hydrogen) atoms. The normalized spacial score (nSPS) is 17.0. The number of hydrogen-bond donors (Lipinski definition) is 0. The van der Waals surface area contributed by atoms with Crippen molar-refractivity contribution in [2.75, 3.05) is 19.7 Å². The molecule has 1 aliphatic rings. The quantitative estimate of drug-likeness (QED) is 0.590. The molecule has 0 N–H and O–H groups in total. The third-order valence-electron chi connectivity index (χ3n) is 5.34. The molecular formula is C23H28FNO4S. The number of nitrogens with zero attached hydrogens (tertiary/aromatic N) is 1.